The SMILES string of the molecule is Cc1cnc(N2CCN(c3ccccc3F)CC2)c(N)c1. The molecule has 2 N–H and O–H groups in total. The maximum absolute atomic E-state index is 13.8. The summed E-state index contributed by atoms with van der Waals surface area (Å²) in [5, 5.41) is 0. The average molecular weight is 286 g/mol. The monoisotopic (exact) mass is 286 g/mol. The zero-order valence-electron chi connectivity index (χ0n) is 12.1. The summed E-state index contributed by atoms with van der Waals surface area (Å²) < 4.78 is 13.8. The van der Waals surface area contributed by atoms with Crippen LogP contribution in [-0.2, 0) is 0 Å². The van der Waals surface area contributed by atoms with Crippen molar-refractivity contribution in [2.45, 2.75) is 6.92 Å². The van der Waals surface area contributed by atoms with Crippen LogP contribution in [0.15, 0.2) is 36.5 Å². The van der Waals surface area contributed by atoms with E-state index in [-0.39, 0.29) is 5.82 Å². The highest BCUT2D eigenvalue weighted by molar-refractivity contribution is 5.64. The fourth-order valence-corrected chi connectivity index (χ4v) is 2.72. The Morgan fingerprint density at radius 1 is 1.10 bits per heavy atom. The first kappa shape index (κ1) is 13.7. The van der Waals surface area contributed by atoms with Gasteiger partial charge in [0, 0.05) is 32.4 Å². The number of benzene rings is 1. The highest BCUT2D eigenvalue weighted by Gasteiger charge is 2.21. The van der Waals surface area contributed by atoms with Gasteiger partial charge in [0.1, 0.15) is 5.82 Å². The Bertz CT molecular complexity index is 636. The van der Waals surface area contributed by atoms with Crippen LogP contribution in [0.5, 0.6) is 0 Å². The highest BCUT2D eigenvalue weighted by Crippen LogP contribution is 2.25. The van der Waals surface area contributed by atoms with Gasteiger partial charge in [0.25, 0.3) is 0 Å². The second-order valence-corrected chi connectivity index (χ2v) is 5.35. The van der Waals surface area contributed by atoms with Crippen LogP contribution < -0.4 is 15.5 Å². The van der Waals surface area contributed by atoms with E-state index in [0.717, 1.165) is 37.6 Å². The van der Waals surface area contributed by atoms with E-state index in [1.807, 2.05) is 31.3 Å². The van der Waals surface area contributed by atoms with Crippen molar-refractivity contribution in [1.82, 2.24) is 4.98 Å². The van der Waals surface area contributed by atoms with Gasteiger partial charge in [-0.15, -0.1) is 0 Å². The van der Waals surface area contributed by atoms with E-state index < -0.39 is 0 Å². The number of piperazine rings is 1. The van der Waals surface area contributed by atoms with Gasteiger partial charge in [0.05, 0.1) is 11.4 Å². The van der Waals surface area contributed by atoms with Crippen LogP contribution in [0.4, 0.5) is 21.6 Å². The molecule has 2 aromatic rings. The van der Waals surface area contributed by atoms with Gasteiger partial charge in [0.2, 0.25) is 0 Å². The Hall–Kier alpha value is -2.30. The first-order valence-electron chi connectivity index (χ1n) is 7.11. The zero-order chi connectivity index (χ0) is 14.8. The summed E-state index contributed by atoms with van der Waals surface area (Å²) >= 11 is 0. The molecular weight excluding hydrogens is 267 g/mol. The van der Waals surface area contributed by atoms with Gasteiger partial charge in [-0.25, -0.2) is 9.37 Å². The molecule has 1 aliphatic rings. The Morgan fingerprint density at radius 2 is 1.76 bits per heavy atom. The molecule has 0 spiro atoms. The van der Waals surface area contributed by atoms with Crippen molar-refractivity contribution >= 4 is 17.2 Å². The first-order chi connectivity index (χ1) is 10.1. The second kappa shape index (κ2) is 5.60. The van der Waals surface area contributed by atoms with Crippen molar-refractivity contribution in [1.29, 1.82) is 0 Å². The van der Waals surface area contributed by atoms with Crippen molar-refractivity contribution in [3.63, 3.8) is 0 Å². The molecule has 0 saturated carbocycles. The molecule has 0 unspecified atom stereocenters. The summed E-state index contributed by atoms with van der Waals surface area (Å²) in [6.45, 7) is 5.07. The van der Waals surface area contributed by atoms with E-state index in [4.69, 9.17) is 5.73 Å². The molecule has 1 saturated heterocycles. The van der Waals surface area contributed by atoms with Gasteiger partial charge < -0.3 is 15.5 Å². The number of aryl methyl sites for hydroxylation is 1. The van der Waals surface area contributed by atoms with Crippen LogP contribution >= 0.6 is 0 Å². The van der Waals surface area contributed by atoms with Crippen molar-refractivity contribution in [2.24, 2.45) is 0 Å². The normalized spacial score (nSPS) is 15.3. The molecule has 3 rings (SSSR count). The van der Waals surface area contributed by atoms with E-state index >= 15 is 0 Å². The van der Waals surface area contributed by atoms with Gasteiger partial charge in [-0.1, -0.05) is 12.1 Å². The summed E-state index contributed by atoms with van der Waals surface area (Å²) in [5.41, 5.74) is 8.47. The first-order valence-corrected chi connectivity index (χ1v) is 7.11. The van der Waals surface area contributed by atoms with Crippen LogP contribution in [0.1, 0.15) is 5.56 Å². The molecule has 1 aromatic heterocycles. The van der Waals surface area contributed by atoms with E-state index in [9.17, 15) is 4.39 Å². The van der Waals surface area contributed by atoms with Crippen LogP contribution in [-0.4, -0.2) is 31.2 Å². The molecule has 21 heavy (non-hydrogen) atoms. The molecule has 0 atom stereocenters. The summed E-state index contributed by atoms with van der Waals surface area (Å²) in [6.07, 6.45) is 1.83. The van der Waals surface area contributed by atoms with E-state index in [2.05, 4.69) is 14.8 Å². The van der Waals surface area contributed by atoms with Gasteiger partial charge in [-0.3, -0.25) is 0 Å². The van der Waals surface area contributed by atoms with Crippen molar-refractivity contribution < 1.29 is 4.39 Å². The lowest BCUT2D eigenvalue weighted by atomic mass is 10.2. The third-order valence-corrected chi connectivity index (χ3v) is 3.80. The zero-order valence-corrected chi connectivity index (χ0v) is 12.1. The van der Waals surface area contributed by atoms with Crippen molar-refractivity contribution in [3.05, 3.63) is 47.9 Å². The summed E-state index contributed by atoms with van der Waals surface area (Å²) in [5.74, 6) is 0.660. The molecule has 0 radical (unpaired) electrons. The van der Waals surface area contributed by atoms with Crippen molar-refractivity contribution in [2.75, 3.05) is 41.7 Å². The molecule has 5 heteroatoms. The summed E-state index contributed by atoms with van der Waals surface area (Å²) in [6, 6.07) is 8.84. The van der Waals surface area contributed by atoms with Gasteiger partial charge in [0.15, 0.2) is 5.82 Å². The largest absolute Gasteiger partial charge is 0.396 e. The topological polar surface area (TPSA) is 45.4 Å². The molecule has 2 heterocycles. The van der Waals surface area contributed by atoms with E-state index in [1.165, 1.54) is 6.07 Å². The summed E-state index contributed by atoms with van der Waals surface area (Å²) in [4.78, 5) is 8.65. The molecule has 0 amide bonds. The minimum Gasteiger partial charge on any atom is -0.396 e. The summed E-state index contributed by atoms with van der Waals surface area (Å²) in [7, 11) is 0. The van der Waals surface area contributed by atoms with Crippen LogP contribution in [0.3, 0.4) is 0 Å². The Labute approximate surface area is 124 Å². The molecule has 1 aliphatic heterocycles. The quantitative estimate of drug-likeness (QED) is 0.921. The number of nitrogens with two attached hydrogens (primary N) is 1. The molecule has 0 bridgehead atoms. The van der Waals surface area contributed by atoms with Crippen LogP contribution in [0.25, 0.3) is 0 Å². The molecule has 1 aromatic carbocycles. The third kappa shape index (κ3) is 2.77. The fourth-order valence-electron chi connectivity index (χ4n) is 2.72. The number of hydrogen-bond donors (Lipinski definition) is 1. The Morgan fingerprint density at radius 3 is 2.43 bits per heavy atom. The lowest BCUT2D eigenvalue weighted by Gasteiger charge is -2.37. The standard InChI is InChI=1S/C16H19FN4/c1-12-10-14(18)16(19-11-12)21-8-6-20(7-9-21)15-5-3-2-4-13(15)17/h2-5,10-11H,6-9,18H2,1H3. The number of pyridine rings is 1. The predicted molar refractivity (Wildman–Crippen MR) is 84.2 cm³/mol. The maximum Gasteiger partial charge on any atom is 0.151 e. The van der Waals surface area contributed by atoms with Gasteiger partial charge in [-0.05, 0) is 30.7 Å². The highest BCUT2D eigenvalue weighted by atomic mass is 19.1. The molecular formula is C16H19FN4. The number of nitrogens with zero attached hydrogens (tertiary/aromatic N) is 3. The Kier molecular flexibility index (Phi) is 3.64. The van der Waals surface area contributed by atoms with E-state index in [1.54, 1.807) is 6.07 Å². The smallest absolute Gasteiger partial charge is 0.151 e. The Balaban J connectivity index is 1.72. The number of nitrogen functional groups attached to an aromatic ring is 1. The van der Waals surface area contributed by atoms with E-state index in [0.29, 0.717) is 11.4 Å². The average Bonchev–Trinajstić information content (AvgIpc) is 2.48. The fraction of sp³-hybridized carbons (Fsp3) is 0.312. The number of anilines is 3. The molecule has 110 valence electrons. The number of aromatic nitrogens is 1. The minimum absolute atomic E-state index is 0.168. The van der Waals surface area contributed by atoms with Crippen molar-refractivity contribution in [3.8, 4) is 0 Å². The number of halogens is 1. The third-order valence-electron chi connectivity index (χ3n) is 3.80. The van der Waals surface area contributed by atoms with Crippen LogP contribution in [0.2, 0.25) is 0 Å². The lowest BCUT2D eigenvalue weighted by molar-refractivity contribution is 0.596. The second-order valence-electron chi connectivity index (χ2n) is 5.35. The predicted octanol–water partition coefficient (Wildman–Crippen LogP) is 2.44. The number of para-hydroxylation sites is 1. The van der Waals surface area contributed by atoms with Crippen LogP contribution in [0, 0.1) is 12.7 Å². The maximum atomic E-state index is 13.8. The number of rotatable bonds is 2. The molecule has 1 fully saturated rings. The lowest BCUT2D eigenvalue weighted by Crippen LogP contribution is -2.47. The number of hydrogen-bond acceptors (Lipinski definition) is 4. The van der Waals surface area contributed by atoms with Gasteiger partial charge in [-0.2, -0.15) is 0 Å². The minimum atomic E-state index is -0.168. The van der Waals surface area contributed by atoms with Gasteiger partial charge >= 0.3 is 0 Å². The molecule has 4 nitrogen and oxygen atoms in total. The molecule has 0 aliphatic carbocycles.